The van der Waals surface area contributed by atoms with Crippen molar-refractivity contribution in [3.63, 3.8) is 0 Å². The molecule has 0 saturated heterocycles. The summed E-state index contributed by atoms with van der Waals surface area (Å²) in [5.41, 5.74) is 0. The van der Waals surface area contributed by atoms with Crippen LogP contribution in [-0.4, -0.2) is 12.4 Å². The van der Waals surface area contributed by atoms with Crippen LogP contribution in [-0.2, 0) is 0 Å². The molecule has 0 saturated carbocycles. The van der Waals surface area contributed by atoms with Gasteiger partial charge in [0.1, 0.15) is 0 Å². The predicted molar refractivity (Wildman–Crippen MR) is 98.4 cm³/mol. The molecule has 102 valence electrons. The van der Waals surface area contributed by atoms with Gasteiger partial charge in [-0.1, -0.05) is 0 Å². The van der Waals surface area contributed by atoms with E-state index in [1.165, 1.54) is 36.7 Å². The molecule has 0 amide bonds. The van der Waals surface area contributed by atoms with E-state index in [9.17, 15) is 0 Å². The van der Waals surface area contributed by atoms with Crippen molar-refractivity contribution in [2.24, 2.45) is 0 Å². The van der Waals surface area contributed by atoms with Gasteiger partial charge in [-0.2, -0.15) is 0 Å². The van der Waals surface area contributed by atoms with E-state index in [1.807, 2.05) is 0 Å². The van der Waals surface area contributed by atoms with E-state index in [1.54, 1.807) is 0 Å². The molecule has 0 fully saturated rings. The molecule has 0 N–H and O–H groups in total. The Morgan fingerprint density at radius 2 is 1.33 bits per heavy atom. The topological polar surface area (TPSA) is 0 Å². The molecule has 0 unspecified atom stereocenters. The molecule has 0 bridgehead atoms. The Balaban J connectivity index is 0.00000132. The molecule has 0 aliphatic carbocycles. The summed E-state index contributed by atoms with van der Waals surface area (Å²) in [4.78, 5) is 0. The van der Waals surface area contributed by atoms with Crippen LogP contribution in [0, 0.1) is 0 Å². The first-order valence-corrected chi connectivity index (χ1v) is 13.2. The standard InChI is InChI=1S/C18H11AsI.ClH/c20-19-17-7-3-6-12-8-9-15-10-13-4-1-2-5-14(13)11-16(15)18(12)17;/h1-11H;1H/q+1;/p-1. The van der Waals surface area contributed by atoms with Gasteiger partial charge in [0, 0.05) is 0 Å². The SMILES string of the molecule is I[As+]c1cccc2ccc3cc4ccccc4cc3c12.[Cl-]. The minimum absolute atomic E-state index is 0. The summed E-state index contributed by atoms with van der Waals surface area (Å²) in [7, 11) is 0. The summed E-state index contributed by atoms with van der Waals surface area (Å²) in [5.74, 6) is 0. The minimum Gasteiger partial charge on any atom is -1.00 e. The van der Waals surface area contributed by atoms with E-state index >= 15 is 0 Å². The number of halogens is 2. The normalized spacial score (nSPS) is 11.5. The largest absolute Gasteiger partial charge is 1.00 e. The van der Waals surface area contributed by atoms with Gasteiger partial charge in [0.25, 0.3) is 0 Å². The van der Waals surface area contributed by atoms with Gasteiger partial charge in [0.05, 0.1) is 0 Å². The molecular formula is C18H11AsClI. The Bertz CT molecular complexity index is 949. The maximum Gasteiger partial charge on any atom is -1.00 e. The zero-order valence-corrected chi connectivity index (χ0v) is 15.8. The van der Waals surface area contributed by atoms with Crippen molar-refractivity contribution >= 4 is 69.2 Å². The molecule has 0 spiro atoms. The number of hydrogen-bond acceptors (Lipinski definition) is 0. The van der Waals surface area contributed by atoms with Crippen LogP contribution in [0.4, 0.5) is 0 Å². The molecule has 0 aliphatic rings. The molecule has 0 aromatic heterocycles. The fraction of sp³-hybridized carbons (Fsp3) is 0. The quantitative estimate of drug-likeness (QED) is 0.175. The summed E-state index contributed by atoms with van der Waals surface area (Å²) >= 11 is 2.75. The van der Waals surface area contributed by atoms with E-state index in [0.717, 1.165) is 0 Å². The summed E-state index contributed by atoms with van der Waals surface area (Å²) in [6, 6.07) is 24.5. The monoisotopic (exact) mass is 464 g/mol. The van der Waals surface area contributed by atoms with Gasteiger partial charge in [-0.05, 0) is 0 Å². The van der Waals surface area contributed by atoms with Crippen molar-refractivity contribution in [3.8, 4) is 0 Å². The van der Waals surface area contributed by atoms with Crippen molar-refractivity contribution in [2.75, 3.05) is 0 Å². The van der Waals surface area contributed by atoms with Gasteiger partial charge in [0.2, 0.25) is 0 Å². The Morgan fingerprint density at radius 3 is 2.10 bits per heavy atom. The number of rotatable bonds is 1. The third-order valence-electron chi connectivity index (χ3n) is 3.80. The first-order chi connectivity index (χ1) is 9.86. The van der Waals surface area contributed by atoms with Crippen molar-refractivity contribution in [2.45, 2.75) is 0 Å². The second kappa shape index (κ2) is 6.16. The number of hydrogen-bond donors (Lipinski definition) is 0. The van der Waals surface area contributed by atoms with Crippen LogP contribution in [0.2, 0.25) is 0 Å². The molecule has 2 radical (unpaired) electrons. The van der Waals surface area contributed by atoms with Gasteiger partial charge >= 0.3 is 136 Å². The molecule has 4 aromatic carbocycles. The molecule has 21 heavy (non-hydrogen) atoms. The number of fused-ring (bicyclic) bond motifs is 4. The van der Waals surface area contributed by atoms with E-state index in [4.69, 9.17) is 0 Å². The summed E-state index contributed by atoms with van der Waals surface area (Å²) in [5, 5.41) is 8.19. The second-order valence-electron chi connectivity index (χ2n) is 4.95. The second-order valence-corrected chi connectivity index (χ2v) is 8.82. The van der Waals surface area contributed by atoms with E-state index in [-0.39, 0.29) is 24.8 Å². The summed E-state index contributed by atoms with van der Waals surface area (Å²) < 4.78 is 1.51. The van der Waals surface area contributed by atoms with Crippen LogP contribution in [0.1, 0.15) is 0 Å². The van der Waals surface area contributed by atoms with Crippen molar-refractivity contribution < 1.29 is 12.4 Å². The van der Waals surface area contributed by atoms with Gasteiger partial charge in [0.15, 0.2) is 0 Å². The maximum atomic E-state index is 2.55. The fourth-order valence-electron chi connectivity index (χ4n) is 2.85. The van der Waals surface area contributed by atoms with E-state index in [2.05, 4.69) is 86.9 Å². The zero-order valence-electron chi connectivity index (χ0n) is 11.1. The van der Waals surface area contributed by atoms with Crippen LogP contribution in [0.15, 0.2) is 66.7 Å². The van der Waals surface area contributed by atoms with Crippen molar-refractivity contribution in [1.82, 2.24) is 0 Å². The van der Waals surface area contributed by atoms with Crippen LogP contribution >= 0.6 is 20.1 Å². The van der Waals surface area contributed by atoms with Gasteiger partial charge < -0.3 is 12.4 Å². The molecule has 4 rings (SSSR count). The molecule has 0 aliphatic heterocycles. The first kappa shape index (κ1) is 15.1. The third kappa shape index (κ3) is 2.56. The Hall–Kier alpha value is -0.762. The van der Waals surface area contributed by atoms with E-state index < -0.39 is 0 Å². The zero-order chi connectivity index (χ0) is 13.5. The third-order valence-corrected chi connectivity index (χ3v) is 7.66. The van der Waals surface area contributed by atoms with Crippen LogP contribution in [0.5, 0.6) is 0 Å². The minimum atomic E-state index is 0. The van der Waals surface area contributed by atoms with Crippen molar-refractivity contribution in [3.05, 3.63) is 66.7 Å². The average molecular weight is 465 g/mol. The Kier molecular flexibility index (Phi) is 4.44. The fourth-order valence-corrected chi connectivity index (χ4v) is 5.94. The summed E-state index contributed by atoms with van der Waals surface area (Å²) in [6.07, 6.45) is 0. The Morgan fingerprint density at radius 1 is 0.667 bits per heavy atom. The smallest absolute Gasteiger partial charge is 1.00 e. The van der Waals surface area contributed by atoms with Crippen LogP contribution < -0.4 is 16.8 Å². The van der Waals surface area contributed by atoms with Gasteiger partial charge in [-0.3, -0.25) is 0 Å². The Labute approximate surface area is 147 Å². The molecule has 0 atom stereocenters. The molecule has 4 aromatic rings. The van der Waals surface area contributed by atoms with Crippen molar-refractivity contribution in [1.29, 1.82) is 0 Å². The van der Waals surface area contributed by atoms with Gasteiger partial charge in [-0.25, -0.2) is 0 Å². The molecule has 0 heterocycles. The summed E-state index contributed by atoms with van der Waals surface area (Å²) in [6.45, 7) is 0. The predicted octanol–water partition coefficient (Wildman–Crippen LogP) is 1.83. The maximum absolute atomic E-state index is 2.55. The number of benzene rings is 4. The van der Waals surface area contributed by atoms with Crippen LogP contribution in [0.3, 0.4) is 0 Å². The average Bonchev–Trinajstić information content (AvgIpc) is 2.52. The molecule has 3 heteroatoms. The molecular weight excluding hydrogens is 453 g/mol. The van der Waals surface area contributed by atoms with Crippen LogP contribution in [0.25, 0.3) is 32.3 Å². The molecule has 0 nitrogen and oxygen atoms in total. The van der Waals surface area contributed by atoms with E-state index in [0.29, 0.717) is 0 Å². The van der Waals surface area contributed by atoms with Gasteiger partial charge in [-0.15, -0.1) is 0 Å². The first-order valence-electron chi connectivity index (χ1n) is 6.53.